The van der Waals surface area contributed by atoms with E-state index in [2.05, 4.69) is 4.98 Å². The van der Waals surface area contributed by atoms with Gasteiger partial charge in [-0.2, -0.15) is 21.6 Å². The molecule has 0 radical (unpaired) electrons. The molecule has 2 atom stereocenters. The van der Waals surface area contributed by atoms with E-state index in [9.17, 15) is 26.7 Å². The lowest BCUT2D eigenvalue weighted by molar-refractivity contribution is -0.0429. The number of anilines is 1. The predicted molar refractivity (Wildman–Crippen MR) is 145 cm³/mol. The summed E-state index contributed by atoms with van der Waals surface area (Å²) in [6, 6.07) is 17.8. The van der Waals surface area contributed by atoms with E-state index in [0.717, 1.165) is 17.0 Å². The van der Waals surface area contributed by atoms with Gasteiger partial charge >= 0.3 is 15.5 Å². The lowest BCUT2D eigenvalue weighted by Gasteiger charge is -2.31. The molecule has 5 rings (SSSR count). The summed E-state index contributed by atoms with van der Waals surface area (Å²) in [7, 11) is -5.60. The van der Waals surface area contributed by atoms with Crippen LogP contribution < -0.4 is 14.2 Å². The van der Waals surface area contributed by atoms with Crippen LogP contribution in [0.3, 0.4) is 0 Å². The van der Waals surface area contributed by atoms with Crippen molar-refractivity contribution in [2.75, 3.05) is 11.3 Å². The Kier molecular flexibility index (Phi) is 7.75. The number of aliphatic hydroxyl groups excluding tert-OH is 1. The Hall–Kier alpha value is -3.25. The Labute approximate surface area is 237 Å². The lowest BCUT2D eigenvalue weighted by Crippen LogP contribution is -2.30. The Balaban J connectivity index is 1.30. The van der Waals surface area contributed by atoms with Crippen molar-refractivity contribution < 1.29 is 36.2 Å². The number of sulfonamides is 1. The number of halogens is 5. The Morgan fingerprint density at radius 1 is 1.05 bits per heavy atom. The van der Waals surface area contributed by atoms with E-state index in [0.29, 0.717) is 33.3 Å². The van der Waals surface area contributed by atoms with Crippen molar-refractivity contribution >= 4 is 49.8 Å². The molecule has 2 heterocycles. The van der Waals surface area contributed by atoms with Crippen LogP contribution in [0.25, 0.3) is 10.9 Å². The molecule has 40 heavy (non-hydrogen) atoms. The number of aromatic nitrogens is 1. The first-order chi connectivity index (χ1) is 18.9. The number of fused-ring (bicyclic) bond motifs is 2. The highest BCUT2D eigenvalue weighted by Crippen LogP contribution is 2.40. The van der Waals surface area contributed by atoms with E-state index in [1.807, 2.05) is 18.2 Å². The molecule has 1 aliphatic rings. The third kappa shape index (κ3) is 6.07. The Morgan fingerprint density at radius 3 is 2.60 bits per heavy atom. The molecule has 0 unspecified atom stereocenters. The molecule has 0 saturated heterocycles. The van der Waals surface area contributed by atoms with Crippen molar-refractivity contribution in [3.63, 3.8) is 0 Å². The summed E-state index contributed by atoms with van der Waals surface area (Å²) in [5.41, 5.74) is -3.55. The van der Waals surface area contributed by atoms with Crippen molar-refractivity contribution in [2.45, 2.75) is 24.6 Å². The van der Waals surface area contributed by atoms with Crippen molar-refractivity contribution in [1.29, 1.82) is 0 Å². The van der Waals surface area contributed by atoms with Gasteiger partial charge in [-0.1, -0.05) is 35.3 Å². The minimum Gasteiger partial charge on any atom is -0.493 e. The van der Waals surface area contributed by atoms with Gasteiger partial charge in [-0.15, -0.1) is 0 Å². The number of hydrogen-bond donors (Lipinski definition) is 2. The molecule has 7 nitrogen and oxygen atoms in total. The fourth-order valence-corrected chi connectivity index (χ4v) is 5.27. The van der Waals surface area contributed by atoms with Gasteiger partial charge in [-0.25, -0.2) is 4.98 Å². The zero-order chi connectivity index (χ0) is 28.7. The normalized spacial score (nSPS) is 17.2. The highest BCUT2D eigenvalue weighted by atomic mass is 35.5. The fraction of sp³-hybridized carbons (Fsp3) is 0.222. The molecule has 2 N–H and O–H groups in total. The van der Waals surface area contributed by atoms with E-state index in [1.165, 1.54) is 16.9 Å². The first kappa shape index (κ1) is 28.3. The zero-order valence-corrected chi connectivity index (χ0v) is 22.8. The monoisotopic (exact) mass is 612 g/mol. The second-order valence-electron chi connectivity index (χ2n) is 9.21. The first-order valence-corrected chi connectivity index (χ1v) is 14.1. The quantitative estimate of drug-likeness (QED) is 0.242. The molecule has 0 spiro atoms. The number of alkyl halides is 3. The molecule has 0 amide bonds. The molecule has 1 aromatic heterocycles. The number of hydrogen-bond acceptors (Lipinski definition) is 6. The van der Waals surface area contributed by atoms with Crippen molar-refractivity contribution in [1.82, 2.24) is 4.98 Å². The van der Waals surface area contributed by atoms with Crippen LogP contribution in [0.15, 0.2) is 66.7 Å². The average molecular weight is 613 g/mol. The van der Waals surface area contributed by atoms with Crippen molar-refractivity contribution in [3.05, 3.63) is 93.6 Å². The highest BCUT2D eigenvalue weighted by Gasteiger charge is 2.46. The minimum absolute atomic E-state index is 0.104. The van der Waals surface area contributed by atoms with Crippen LogP contribution in [-0.2, 0) is 23.1 Å². The zero-order valence-electron chi connectivity index (χ0n) is 20.5. The van der Waals surface area contributed by atoms with Gasteiger partial charge in [0.15, 0.2) is 0 Å². The summed E-state index contributed by atoms with van der Waals surface area (Å²) in [4.78, 5) is 4.56. The molecular formula is C27H21Cl2F3N2O5S. The average Bonchev–Trinajstić information content (AvgIpc) is 2.90. The number of pyridine rings is 1. The molecule has 210 valence electrons. The Morgan fingerprint density at radius 2 is 1.82 bits per heavy atom. The minimum atomic E-state index is -5.60. The number of ether oxygens (including phenoxy) is 2. The maximum Gasteiger partial charge on any atom is 0.516 e. The predicted octanol–water partition coefficient (Wildman–Crippen LogP) is 6.67. The van der Waals surface area contributed by atoms with Crippen LogP contribution in [-0.4, -0.2) is 30.6 Å². The summed E-state index contributed by atoms with van der Waals surface area (Å²) < 4.78 is 74.5. The molecule has 13 heteroatoms. The standard InChI is InChI=1S/C27H21Cl2F3N2O5S/c28-18-3-1-15-2-4-20(33-24(15)11-18)14-38-21-6-8-25-22(12-21)26(35)17(13-39-25)9-16-10-19(5-7-23(16)29)34-40(36,37)27(30,31)32/h1-8,10-12,17,26,34-35H,9,13-14H2/t17-,26-/m1/s1. The smallest absolute Gasteiger partial charge is 0.493 e. The van der Waals surface area contributed by atoms with Crippen LogP contribution in [0.2, 0.25) is 10.0 Å². The largest absolute Gasteiger partial charge is 0.516 e. The molecule has 1 aliphatic heterocycles. The third-order valence-electron chi connectivity index (χ3n) is 6.38. The molecule has 0 fully saturated rings. The second-order valence-corrected chi connectivity index (χ2v) is 11.7. The van der Waals surface area contributed by atoms with Gasteiger partial charge in [0.25, 0.3) is 0 Å². The lowest BCUT2D eigenvalue weighted by atomic mass is 9.88. The number of benzene rings is 3. The van der Waals surface area contributed by atoms with Gasteiger partial charge in [0.2, 0.25) is 0 Å². The maximum atomic E-state index is 12.8. The summed E-state index contributed by atoms with van der Waals surface area (Å²) in [5.74, 6) is 0.408. The van der Waals surface area contributed by atoms with E-state index in [1.54, 1.807) is 30.3 Å². The fourth-order valence-electron chi connectivity index (χ4n) is 4.35. The summed E-state index contributed by atoms with van der Waals surface area (Å²) >= 11 is 12.3. The molecule has 3 aromatic carbocycles. The van der Waals surface area contributed by atoms with E-state index >= 15 is 0 Å². The topological polar surface area (TPSA) is 97.8 Å². The number of rotatable bonds is 7. The van der Waals surface area contributed by atoms with Crippen LogP contribution in [0.4, 0.5) is 18.9 Å². The van der Waals surface area contributed by atoms with Crippen molar-refractivity contribution in [2.24, 2.45) is 5.92 Å². The van der Waals surface area contributed by atoms with Crippen LogP contribution in [0, 0.1) is 5.92 Å². The number of nitrogens with zero attached hydrogens (tertiary/aromatic N) is 1. The molecule has 4 aromatic rings. The molecule has 0 saturated carbocycles. The molecular weight excluding hydrogens is 592 g/mol. The van der Waals surface area contributed by atoms with Gasteiger partial charge in [-0.3, -0.25) is 4.72 Å². The Bertz CT molecular complexity index is 1690. The van der Waals surface area contributed by atoms with E-state index in [4.69, 9.17) is 32.7 Å². The maximum absolute atomic E-state index is 12.8. The van der Waals surface area contributed by atoms with Gasteiger partial charge < -0.3 is 14.6 Å². The van der Waals surface area contributed by atoms with Gasteiger partial charge in [0, 0.05) is 32.6 Å². The summed E-state index contributed by atoms with van der Waals surface area (Å²) in [5, 5.41) is 12.8. The van der Waals surface area contributed by atoms with Crippen LogP contribution >= 0.6 is 23.2 Å². The van der Waals surface area contributed by atoms with E-state index < -0.39 is 27.6 Å². The third-order valence-corrected chi connectivity index (χ3v) is 8.10. The van der Waals surface area contributed by atoms with Gasteiger partial charge in [0.1, 0.15) is 18.1 Å². The van der Waals surface area contributed by atoms with E-state index in [-0.39, 0.29) is 30.3 Å². The van der Waals surface area contributed by atoms with Crippen LogP contribution in [0.5, 0.6) is 11.5 Å². The molecule has 0 bridgehead atoms. The molecule has 0 aliphatic carbocycles. The number of aliphatic hydroxyl groups is 1. The SMILES string of the molecule is O=S(=O)(Nc1ccc(Cl)c(C[C@@H]2COc3ccc(OCc4ccc5ccc(Cl)cc5n4)cc3[C@@H]2O)c1)C(F)(F)F. The highest BCUT2D eigenvalue weighted by molar-refractivity contribution is 7.93. The van der Waals surface area contributed by atoms with Gasteiger partial charge in [0.05, 0.1) is 23.9 Å². The second kappa shape index (κ2) is 11.0. The van der Waals surface area contributed by atoms with Gasteiger partial charge in [-0.05, 0) is 66.6 Å². The summed E-state index contributed by atoms with van der Waals surface area (Å²) in [6.07, 6.45) is -0.907. The number of nitrogens with one attached hydrogen (secondary N) is 1. The first-order valence-electron chi connectivity index (χ1n) is 11.9. The summed E-state index contributed by atoms with van der Waals surface area (Å²) in [6.45, 7) is 0.268. The van der Waals surface area contributed by atoms with Crippen LogP contribution in [0.1, 0.15) is 22.9 Å². The van der Waals surface area contributed by atoms with Crippen molar-refractivity contribution in [3.8, 4) is 11.5 Å².